The molecular formula is C18H13Cl2NO2S2. The van der Waals surface area contributed by atoms with Crippen molar-refractivity contribution in [2.75, 3.05) is 6.79 Å². The molecule has 0 saturated carbocycles. The zero-order chi connectivity index (χ0) is 17.2. The van der Waals surface area contributed by atoms with Gasteiger partial charge >= 0.3 is 0 Å². The third kappa shape index (κ3) is 3.90. The van der Waals surface area contributed by atoms with Gasteiger partial charge in [-0.05, 0) is 29.8 Å². The molecule has 1 aliphatic heterocycles. The molecule has 0 unspecified atom stereocenters. The third-order valence-electron chi connectivity index (χ3n) is 3.67. The number of rotatable bonds is 5. The van der Waals surface area contributed by atoms with E-state index in [0.717, 1.165) is 44.8 Å². The van der Waals surface area contributed by atoms with Gasteiger partial charge in [-0.15, -0.1) is 23.1 Å². The summed E-state index contributed by atoms with van der Waals surface area (Å²) in [6.07, 6.45) is 0.777. The van der Waals surface area contributed by atoms with Crippen LogP contribution in [0.3, 0.4) is 0 Å². The second kappa shape index (κ2) is 7.46. The number of benzene rings is 2. The van der Waals surface area contributed by atoms with Crippen molar-refractivity contribution in [1.82, 2.24) is 4.98 Å². The quantitative estimate of drug-likeness (QED) is 0.479. The fourth-order valence-corrected chi connectivity index (χ4v) is 5.00. The molecular weight excluding hydrogens is 397 g/mol. The van der Waals surface area contributed by atoms with Crippen LogP contribution in [-0.2, 0) is 12.2 Å². The van der Waals surface area contributed by atoms with Gasteiger partial charge in [0, 0.05) is 22.4 Å². The van der Waals surface area contributed by atoms with Gasteiger partial charge in [0.15, 0.2) is 11.5 Å². The largest absolute Gasteiger partial charge is 0.454 e. The molecule has 0 amide bonds. The number of halogens is 2. The van der Waals surface area contributed by atoms with Crippen molar-refractivity contribution in [2.24, 2.45) is 0 Å². The molecule has 25 heavy (non-hydrogen) atoms. The maximum atomic E-state index is 6.21. The maximum Gasteiger partial charge on any atom is 0.231 e. The molecule has 0 N–H and O–H groups in total. The Hall–Kier alpha value is -1.40. The van der Waals surface area contributed by atoms with Crippen LogP contribution in [0, 0.1) is 0 Å². The van der Waals surface area contributed by atoms with Gasteiger partial charge in [0.2, 0.25) is 6.79 Å². The molecule has 0 aliphatic carbocycles. The van der Waals surface area contributed by atoms with E-state index in [0.29, 0.717) is 16.8 Å². The molecule has 0 fully saturated rings. The van der Waals surface area contributed by atoms with Gasteiger partial charge in [-0.1, -0.05) is 35.3 Å². The van der Waals surface area contributed by atoms with Crippen LogP contribution in [0.25, 0.3) is 0 Å². The average molecular weight is 410 g/mol. The van der Waals surface area contributed by atoms with Crippen molar-refractivity contribution in [3.8, 4) is 11.5 Å². The third-order valence-corrected chi connectivity index (χ3v) is 6.60. The Balaban J connectivity index is 1.42. The molecule has 2 heterocycles. The first-order valence-corrected chi connectivity index (χ1v) is 10.2. The Morgan fingerprint density at radius 2 is 1.88 bits per heavy atom. The minimum Gasteiger partial charge on any atom is -0.454 e. The Kier molecular flexibility index (Phi) is 5.08. The van der Waals surface area contributed by atoms with E-state index in [2.05, 4.69) is 5.38 Å². The van der Waals surface area contributed by atoms with Crippen LogP contribution >= 0.6 is 46.3 Å². The van der Waals surface area contributed by atoms with E-state index < -0.39 is 0 Å². The monoisotopic (exact) mass is 409 g/mol. The molecule has 3 aromatic rings. The molecule has 1 aromatic heterocycles. The summed E-state index contributed by atoms with van der Waals surface area (Å²) >= 11 is 15.7. The summed E-state index contributed by atoms with van der Waals surface area (Å²) in [6.45, 7) is 0.294. The first kappa shape index (κ1) is 17.0. The molecule has 0 radical (unpaired) electrons. The Labute approximate surface area is 163 Å². The minimum atomic E-state index is 0.294. The fourth-order valence-electron chi connectivity index (χ4n) is 2.49. The smallest absolute Gasteiger partial charge is 0.231 e. The van der Waals surface area contributed by atoms with Crippen LogP contribution in [0.5, 0.6) is 11.5 Å². The van der Waals surface area contributed by atoms with E-state index in [1.165, 1.54) is 0 Å². The lowest BCUT2D eigenvalue weighted by Crippen LogP contribution is -1.93. The second-order valence-corrected chi connectivity index (χ2v) is 8.18. The maximum absolute atomic E-state index is 6.21. The molecule has 4 rings (SSSR count). The highest BCUT2D eigenvalue weighted by Gasteiger charge is 2.14. The molecule has 0 bridgehead atoms. The van der Waals surface area contributed by atoms with Crippen molar-refractivity contribution in [2.45, 2.75) is 17.1 Å². The van der Waals surface area contributed by atoms with Gasteiger partial charge in [-0.25, -0.2) is 4.98 Å². The standard InChI is InChI=1S/C18H13Cl2NO2S2/c19-13-2-1-3-14(20)18(13)25-9-12-8-24-17(21-12)7-11-4-5-15-16(6-11)23-10-22-15/h1-6,8H,7,9-10H2. The van der Waals surface area contributed by atoms with E-state index in [9.17, 15) is 0 Å². The highest BCUT2D eigenvalue weighted by Crippen LogP contribution is 2.36. The van der Waals surface area contributed by atoms with Crippen molar-refractivity contribution in [3.63, 3.8) is 0 Å². The van der Waals surface area contributed by atoms with Crippen LogP contribution in [-0.4, -0.2) is 11.8 Å². The molecule has 0 atom stereocenters. The van der Waals surface area contributed by atoms with Gasteiger partial charge in [0.25, 0.3) is 0 Å². The van der Waals surface area contributed by atoms with E-state index in [1.54, 1.807) is 23.1 Å². The van der Waals surface area contributed by atoms with Gasteiger partial charge < -0.3 is 9.47 Å². The average Bonchev–Trinajstić information content (AvgIpc) is 3.23. The van der Waals surface area contributed by atoms with Crippen LogP contribution in [0.15, 0.2) is 46.7 Å². The van der Waals surface area contributed by atoms with Crippen molar-refractivity contribution in [1.29, 1.82) is 0 Å². The minimum absolute atomic E-state index is 0.294. The second-order valence-electron chi connectivity index (χ2n) is 5.44. The number of ether oxygens (including phenoxy) is 2. The SMILES string of the molecule is Clc1cccc(Cl)c1SCc1csc(Cc2ccc3c(c2)OCO3)n1. The van der Waals surface area contributed by atoms with Crippen molar-refractivity contribution < 1.29 is 9.47 Å². The number of hydrogen-bond donors (Lipinski definition) is 0. The zero-order valence-electron chi connectivity index (χ0n) is 13.0. The summed E-state index contributed by atoms with van der Waals surface area (Å²) in [7, 11) is 0. The first-order valence-electron chi connectivity index (χ1n) is 7.57. The summed E-state index contributed by atoms with van der Waals surface area (Å²) in [4.78, 5) is 5.61. The highest BCUT2D eigenvalue weighted by atomic mass is 35.5. The predicted octanol–water partition coefficient (Wildman–Crippen LogP) is 6.06. The first-order chi connectivity index (χ1) is 12.2. The normalized spacial score (nSPS) is 12.6. The Morgan fingerprint density at radius 1 is 1.08 bits per heavy atom. The lowest BCUT2D eigenvalue weighted by atomic mass is 10.1. The zero-order valence-corrected chi connectivity index (χ0v) is 16.1. The van der Waals surface area contributed by atoms with E-state index in [-0.39, 0.29) is 0 Å². The Bertz CT molecular complexity index is 894. The van der Waals surface area contributed by atoms with E-state index in [1.807, 2.05) is 36.4 Å². The van der Waals surface area contributed by atoms with E-state index >= 15 is 0 Å². The molecule has 128 valence electrons. The summed E-state index contributed by atoms with van der Waals surface area (Å²) in [5, 5.41) is 4.50. The van der Waals surface area contributed by atoms with Gasteiger partial charge in [0.05, 0.1) is 20.7 Å². The summed E-state index contributed by atoms with van der Waals surface area (Å²) < 4.78 is 10.8. The Morgan fingerprint density at radius 3 is 2.72 bits per heavy atom. The molecule has 1 aliphatic rings. The lowest BCUT2D eigenvalue weighted by Gasteiger charge is -2.04. The number of fused-ring (bicyclic) bond motifs is 1. The van der Waals surface area contributed by atoms with Crippen molar-refractivity contribution >= 4 is 46.3 Å². The molecule has 2 aromatic carbocycles. The van der Waals surface area contributed by atoms with E-state index in [4.69, 9.17) is 37.7 Å². The number of hydrogen-bond acceptors (Lipinski definition) is 5. The summed E-state index contributed by atoms with van der Waals surface area (Å²) in [5.74, 6) is 2.34. The van der Waals surface area contributed by atoms with Crippen LogP contribution < -0.4 is 9.47 Å². The fraction of sp³-hybridized carbons (Fsp3) is 0.167. The van der Waals surface area contributed by atoms with Gasteiger partial charge in [0.1, 0.15) is 0 Å². The molecule has 0 saturated heterocycles. The summed E-state index contributed by atoms with van der Waals surface area (Å²) in [6, 6.07) is 11.6. The topological polar surface area (TPSA) is 31.4 Å². The summed E-state index contributed by atoms with van der Waals surface area (Å²) in [5.41, 5.74) is 2.19. The molecule has 7 heteroatoms. The van der Waals surface area contributed by atoms with Crippen LogP contribution in [0.1, 0.15) is 16.3 Å². The predicted molar refractivity (Wildman–Crippen MR) is 104 cm³/mol. The van der Waals surface area contributed by atoms with Crippen LogP contribution in [0.2, 0.25) is 10.0 Å². The van der Waals surface area contributed by atoms with Gasteiger partial charge in [-0.3, -0.25) is 0 Å². The number of nitrogens with zero attached hydrogens (tertiary/aromatic N) is 1. The number of thiazole rings is 1. The lowest BCUT2D eigenvalue weighted by molar-refractivity contribution is 0.174. The molecule has 0 spiro atoms. The van der Waals surface area contributed by atoms with Gasteiger partial charge in [-0.2, -0.15) is 0 Å². The highest BCUT2D eigenvalue weighted by molar-refractivity contribution is 7.98. The number of thioether (sulfide) groups is 1. The number of aromatic nitrogens is 1. The molecule has 3 nitrogen and oxygen atoms in total. The van der Waals surface area contributed by atoms with Crippen molar-refractivity contribution in [3.05, 3.63) is 68.1 Å². The van der Waals surface area contributed by atoms with Crippen LogP contribution in [0.4, 0.5) is 0 Å².